The van der Waals surface area contributed by atoms with E-state index in [1.165, 1.54) is 14.2 Å². The summed E-state index contributed by atoms with van der Waals surface area (Å²) < 4.78 is 15.5. The lowest BCUT2D eigenvalue weighted by atomic mass is 10.00. The largest absolute Gasteiger partial charge is 0.493 e. The van der Waals surface area contributed by atoms with Crippen LogP contribution in [-0.2, 0) is 9.53 Å². The number of carbonyl (C=O) groups excluding carboxylic acids is 2. The Hall–Kier alpha value is -2.24. The first kappa shape index (κ1) is 18.1. The lowest BCUT2D eigenvalue weighted by Crippen LogP contribution is -2.45. The van der Waals surface area contributed by atoms with E-state index < -0.39 is 5.97 Å². The molecule has 6 heteroatoms. The first-order valence-corrected chi connectivity index (χ1v) is 8.29. The predicted octanol–water partition coefficient (Wildman–Crippen LogP) is 2.65. The summed E-state index contributed by atoms with van der Waals surface area (Å²) in [6.07, 6.45) is 4.10. The molecule has 1 fully saturated rings. The van der Waals surface area contributed by atoms with Crippen molar-refractivity contribution in [1.29, 1.82) is 0 Å². The third-order valence-corrected chi connectivity index (χ3v) is 4.36. The number of hydrogen-bond donors (Lipinski definition) is 0. The van der Waals surface area contributed by atoms with Gasteiger partial charge in [0.05, 0.1) is 19.8 Å². The third kappa shape index (κ3) is 4.19. The number of rotatable bonds is 6. The number of esters is 1. The lowest BCUT2D eigenvalue weighted by molar-refractivity contribution is -0.138. The summed E-state index contributed by atoms with van der Waals surface area (Å²) in [5.74, 6) is 0.300. The molecule has 132 valence electrons. The Kier molecular flexibility index (Phi) is 6.46. The SMILES string of the molecule is CCC1CCCCN1C(=O)COC(=O)c1ccc(OC)c(OC)c1. The van der Waals surface area contributed by atoms with Crippen LogP contribution < -0.4 is 9.47 Å². The minimum absolute atomic E-state index is 0.129. The second-order valence-electron chi connectivity index (χ2n) is 5.79. The molecular weight excluding hydrogens is 310 g/mol. The number of hydrogen-bond acceptors (Lipinski definition) is 5. The van der Waals surface area contributed by atoms with Gasteiger partial charge in [0, 0.05) is 12.6 Å². The molecule has 1 atom stereocenters. The van der Waals surface area contributed by atoms with Crippen LogP contribution in [0.25, 0.3) is 0 Å². The van der Waals surface area contributed by atoms with Gasteiger partial charge < -0.3 is 19.1 Å². The minimum atomic E-state index is -0.547. The molecule has 1 amide bonds. The van der Waals surface area contributed by atoms with Gasteiger partial charge in [-0.2, -0.15) is 0 Å². The maximum atomic E-state index is 12.3. The van der Waals surface area contributed by atoms with E-state index in [0.29, 0.717) is 17.1 Å². The van der Waals surface area contributed by atoms with Crippen LogP contribution >= 0.6 is 0 Å². The summed E-state index contributed by atoms with van der Waals surface area (Å²) in [5, 5.41) is 0. The fourth-order valence-corrected chi connectivity index (χ4v) is 3.01. The van der Waals surface area contributed by atoms with Crippen molar-refractivity contribution in [3.05, 3.63) is 23.8 Å². The molecule has 2 rings (SSSR count). The van der Waals surface area contributed by atoms with Gasteiger partial charge in [-0.1, -0.05) is 6.92 Å². The Labute approximate surface area is 142 Å². The highest BCUT2D eigenvalue weighted by Crippen LogP contribution is 2.27. The van der Waals surface area contributed by atoms with E-state index in [4.69, 9.17) is 14.2 Å². The van der Waals surface area contributed by atoms with Crippen molar-refractivity contribution in [2.45, 2.75) is 38.6 Å². The molecular formula is C18H25NO5. The number of nitrogens with zero attached hydrogens (tertiary/aromatic N) is 1. The Morgan fingerprint density at radius 3 is 2.58 bits per heavy atom. The average molecular weight is 335 g/mol. The molecule has 0 N–H and O–H groups in total. The first-order valence-electron chi connectivity index (χ1n) is 8.29. The van der Waals surface area contributed by atoms with Crippen LogP contribution in [-0.4, -0.2) is 50.2 Å². The normalized spacial score (nSPS) is 17.3. The van der Waals surface area contributed by atoms with Crippen molar-refractivity contribution < 1.29 is 23.8 Å². The summed E-state index contributed by atoms with van der Waals surface area (Å²) in [4.78, 5) is 26.3. The fourth-order valence-electron chi connectivity index (χ4n) is 3.01. The summed E-state index contributed by atoms with van der Waals surface area (Å²) in [5.41, 5.74) is 0.325. The van der Waals surface area contributed by atoms with Crippen LogP contribution in [0.3, 0.4) is 0 Å². The van der Waals surface area contributed by atoms with Gasteiger partial charge in [-0.05, 0) is 43.9 Å². The van der Waals surface area contributed by atoms with E-state index in [0.717, 1.165) is 32.2 Å². The van der Waals surface area contributed by atoms with E-state index in [2.05, 4.69) is 6.92 Å². The van der Waals surface area contributed by atoms with Gasteiger partial charge in [-0.25, -0.2) is 4.79 Å². The van der Waals surface area contributed by atoms with Gasteiger partial charge in [0.1, 0.15) is 0 Å². The number of likely N-dealkylation sites (tertiary alicyclic amines) is 1. The van der Waals surface area contributed by atoms with Gasteiger partial charge in [0.2, 0.25) is 0 Å². The van der Waals surface area contributed by atoms with Crippen molar-refractivity contribution in [1.82, 2.24) is 4.90 Å². The predicted molar refractivity (Wildman–Crippen MR) is 89.5 cm³/mol. The van der Waals surface area contributed by atoms with Crippen molar-refractivity contribution >= 4 is 11.9 Å². The quantitative estimate of drug-likeness (QED) is 0.748. The number of ether oxygens (including phenoxy) is 3. The molecule has 1 unspecified atom stereocenters. The maximum Gasteiger partial charge on any atom is 0.338 e. The van der Waals surface area contributed by atoms with E-state index in [1.807, 2.05) is 4.90 Å². The monoisotopic (exact) mass is 335 g/mol. The molecule has 1 aromatic carbocycles. The summed E-state index contributed by atoms with van der Waals surface area (Å²) in [6.45, 7) is 2.58. The number of benzene rings is 1. The van der Waals surface area contributed by atoms with E-state index in [1.54, 1.807) is 18.2 Å². The van der Waals surface area contributed by atoms with Crippen LogP contribution in [0, 0.1) is 0 Å². The molecule has 0 aromatic heterocycles. The minimum Gasteiger partial charge on any atom is -0.493 e. The molecule has 6 nitrogen and oxygen atoms in total. The Morgan fingerprint density at radius 2 is 1.92 bits per heavy atom. The number of piperidine rings is 1. The number of carbonyl (C=O) groups is 2. The maximum absolute atomic E-state index is 12.3. The highest BCUT2D eigenvalue weighted by Gasteiger charge is 2.26. The third-order valence-electron chi connectivity index (χ3n) is 4.36. The van der Waals surface area contributed by atoms with Crippen molar-refractivity contribution in [3.8, 4) is 11.5 Å². The standard InChI is InChI=1S/C18H25NO5/c1-4-14-7-5-6-10-19(14)17(20)12-24-18(21)13-8-9-15(22-2)16(11-13)23-3/h8-9,11,14H,4-7,10,12H2,1-3H3. The van der Waals surface area contributed by atoms with Gasteiger partial charge in [0.25, 0.3) is 5.91 Å². The molecule has 24 heavy (non-hydrogen) atoms. The van der Waals surface area contributed by atoms with E-state index in [9.17, 15) is 9.59 Å². The van der Waals surface area contributed by atoms with E-state index in [-0.39, 0.29) is 18.6 Å². The highest BCUT2D eigenvalue weighted by molar-refractivity contribution is 5.92. The summed E-state index contributed by atoms with van der Waals surface area (Å²) in [6, 6.07) is 5.02. The van der Waals surface area contributed by atoms with E-state index >= 15 is 0 Å². The number of methoxy groups -OCH3 is 2. The molecule has 0 bridgehead atoms. The second-order valence-corrected chi connectivity index (χ2v) is 5.79. The zero-order chi connectivity index (χ0) is 17.5. The zero-order valence-electron chi connectivity index (χ0n) is 14.5. The second kappa shape index (κ2) is 8.57. The van der Waals surface area contributed by atoms with Crippen molar-refractivity contribution in [2.75, 3.05) is 27.4 Å². The summed E-state index contributed by atoms with van der Waals surface area (Å²) in [7, 11) is 3.02. The van der Waals surface area contributed by atoms with Crippen LogP contribution in [0.2, 0.25) is 0 Å². The van der Waals surface area contributed by atoms with Crippen LogP contribution in [0.4, 0.5) is 0 Å². The molecule has 1 aliphatic heterocycles. The number of amides is 1. The topological polar surface area (TPSA) is 65.1 Å². The Bertz CT molecular complexity index is 587. The molecule has 0 radical (unpaired) electrons. The van der Waals surface area contributed by atoms with Gasteiger partial charge in [-0.3, -0.25) is 4.79 Å². The van der Waals surface area contributed by atoms with Gasteiger partial charge >= 0.3 is 5.97 Å². The van der Waals surface area contributed by atoms with Gasteiger partial charge in [0.15, 0.2) is 18.1 Å². The molecule has 1 heterocycles. The fraction of sp³-hybridized carbons (Fsp3) is 0.556. The molecule has 1 aliphatic rings. The Balaban J connectivity index is 1.96. The molecule has 1 saturated heterocycles. The lowest BCUT2D eigenvalue weighted by Gasteiger charge is -2.35. The van der Waals surface area contributed by atoms with Crippen molar-refractivity contribution in [3.63, 3.8) is 0 Å². The van der Waals surface area contributed by atoms with Crippen LogP contribution in [0.5, 0.6) is 11.5 Å². The molecule has 0 aliphatic carbocycles. The first-order chi connectivity index (χ1) is 11.6. The summed E-state index contributed by atoms with van der Waals surface area (Å²) >= 11 is 0. The Morgan fingerprint density at radius 1 is 1.17 bits per heavy atom. The highest BCUT2D eigenvalue weighted by atomic mass is 16.5. The smallest absolute Gasteiger partial charge is 0.338 e. The molecule has 1 aromatic rings. The zero-order valence-corrected chi connectivity index (χ0v) is 14.5. The average Bonchev–Trinajstić information content (AvgIpc) is 2.64. The molecule has 0 saturated carbocycles. The molecule has 0 spiro atoms. The van der Waals surface area contributed by atoms with Crippen LogP contribution in [0.1, 0.15) is 43.0 Å². The van der Waals surface area contributed by atoms with Crippen LogP contribution in [0.15, 0.2) is 18.2 Å². The van der Waals surface area contributed by atoms with Gasteiger partial charge in [-0.15, -0.1) is 0 Å². The van der Waals surface area contributed by atoms with Crippen molar-refractivity contribution in [2.24, 2.45) is 0 Å².